The van der Waals surface area contributed by atoms with Crippen molar-refractivity contribution in [1.29, 1.82) is 0 Å². The molecule has 25 heavy (non-hydrogen) atoms. The molecule has 2 N–H and O–H groups in total. The summed E-state index contributed by atoms with van der Waals surface area (Å²) in [7, 11) is 1.61. The van der Waals surface area contributed by atoms with Crippen LogP contribution in [-0.4, -0.2) is 33.3 Å². The van der Waals surface area contributed by atoms with E-state index in [1.54, 1.807) is 30.8 Å². The Hall–Kier alpha value is -3.42. The second-order valence-electron chi connectivity index (χ2n) is 5.35. The highest BCUT2D eigenvalue weighted by Crippen LogP contribution is 2.15. The number of rotatable bonds is 5. The topological polar surface area (TPSA) is 94.0 Å². The highest BCUT2D eigenvalue weighted by molar-refractivity contribution is 5.89. The Bertz CT molecular complexity index is 877. The van der Waals surface area contributed by atoms with Gasteiger partial charge in [-0.25, -0.2) is 4.79 Å². The van der Waals surface area contributed by atoms with Crippen molar-refractivity contribution in [1.82, 2.24) is 25.5 Å². The van der Waals surface area contributed by atoms with Crippen LogP contribution in [0.25, 0.3) is 5.69 Å². The van der Waals surface area contributed by atoms with Crippen molar-refractivity contribution in [2.75, 3.05) is 12.4 Å². The van der Waals surface area contributed by atoms with Gasteiger partial charge in [0.25, 0.3) is 0 Å². The quantitative estimate of drug-likeness (QED) is 0.744. The van der Waals surface area contributed by atoms with E-state index < -0.39 is 0 Å². The highest BCUT2D eigenvalue weighted by atomic mass is 16.5. The van der Waals surface area contributed by atoms with Gasteiger partial charge in [0.05, 0.1) is 12.8 Å². The van der Waals surface area contributed by atoms with Crippen molar-refractivity contribution in [3.63, 3.8) is 0 Å². The zero-order valence-electron chi connectivity index (χ0n) is 13.9. The zero-order valence-corrected chi connectivity index (χ0v) is 13.9. The number of aryl methyl sites for hydroxylation is 1. The average Bonchev–Trinajstić information content (AvgIpc) is 3.06. The summed E-state index contributed by atoms with van der Waals surface area (Å²) in [6.07, 6.45) is 0. The number of carbonyl (C=O) groups is 1. The van der Waals surface area contributed by atoms with Crippen molar-refractivity contribution in [2.45, 2.75) is 13.5 Å². The van der Waals surface area contributed by atoms with Crippen LogP contribution in [0.3, 0.4) is 0 Å². The van der Waals surface area contributed by atoms with Crippen LogP contribution in [0.1, 0.15) is 11.4 Å². The molecule has 0 atom stereocenters. The molecule has 0 unspecified atom stereocenters. The minimum Gasteiger partial charge on any atom is -0.497 e. The summed E-state index contributed by atoms with van der Waals surface area (Å²) in [6, 6.07) is 14.5. The average molecular weight is 338 g/mol. The van der Waals surface area contributed by atoms with Crippen LogP contribution in [0.4, 0.5) is 10.5 Å². The van der Waals surface area contributed by atoms with E-state index in [4.69, 9.17) is 4.74 Å². The van der Waals surface area contributed by atoms with E-state index in [1.807, 2.05) is 36.4 Å². The normalized spacial score (nSPS) is 10.3. The number of anilines is 1. The molecule has 1 heterocycles. The number of nitrogens with zero attached hydrogens (tertiary/aromatic N) is 4. The first kappa shape index (κ1) is 16.4. The first-order chi connectivity index (χ1) is 12.2. The van der Waals surface area contributed by atoms with E-state index in [2.05, 4.69) is 26.2 Å². The number of nitrogens with one attached hydrogen (secondary N) is 2. The molecule has 128 valence electrons. The highest BCUT2D eigenvalue weighted by Gasteiger charge is 2.06. The number of methoxy groups -OCH3 is 1. The first-order valence-electron chi connectivity index (χ1n) is 7.69. The third kappa shape index (κ3) is 4.11. The lowest BCUT2D eigenvalue weighted by Crippen LogP contribution is -2.28. The van der Waals surface area contributed by atoms with Gasteiger partial charge in [-0.05, 0) is 53.2 Å². The Labute approximate surface area is 144 Å². The summed E-state index contributed by atoms with van der Waals surface area (Å²) in [5, 5.41) is 17.0. The molecule has 2 amide bonds. The fraction of sp³-hybridized carbons (Fsp3) is 0.176. The van der Waals surface area contributed by atoms with Crippen molar-refractivity contribution >= 4 is 11.7 Å². The van der Waals surface area contributed by atoms with Crippen LogP contribution in [0, 0.1) is 6.92 Å². The van der Waals surface area contributed by atoms with Gasteiger partial charge >= 0.3 is 6.03 Å². The maximum absolute atomic E-state index is 12.1. The number of carbonyl (C=O) groups excluding carboxylic acids is 1. The van der Waals surface area contributed by atoms with Gasteiger partial charge in [-0.1, -0.05) is 18.2 Å². The standard InChI is InChI=1S/C17H18N6O2/c1-12-20-21-22-23(12)15-7-4-6-14(10-15)19-17(24)18-11-13-5-3-8-16(9-13)25-2/h3-10H,11H2,1-2H3,(H2,18,19,24). The lowest BCUT2D eigenvalue weighted by Gasteiger charge is -2.10. The summed E-state index contributed by atoms with van der Waals surface area (Å²) in [5.41, 5.74) is 2.37. The van der Waals surface area contributed by atoms with E-state index in [0.717, 1.165) is 17.0 Å². The number of tetrazole rings is 1. The minimum atomic E-state index is -0.298. The number of hydrogen-bond acceptors (Lipinski definition) is 5. The van der Waals surface area contributed by atoms with Crippen molar-refractivity contribution in [2.24, 2.45) is 0 Å². The van der Waals surface area contributed by atoms with Gasteiger partial charge in [-0.15, -0.1) is 5.10 Å². The van der Waals surface area contributed by atoms with E-state index in [-0.39, 0.29) is 6.03 Å². The van der Waals surface area contributed by atoms with E-state index in [1.165, 1.54) is 0 Å². The molecule has 0 saturated heterocycles. The molecule has 1 aromatic heterocycles. The molecule has 3 rings (SSSR count). The minimum absolute atomic E-state index is 0.298. The molecule has 0 fully saturated rings. The molecule has 8 nitrogen and oxygen atoms in total. The molecule has 0 aliphatic carbocycles. The van der Waals surface area contributed by atoms with Crippen molar-refractivity contribution in [3.8, 4) is 11.4 Å². The lowest BCUT2D eigenvalue weighted by molar-refractivity contribution is 0.251. The van der Waals surface area contributed by atoms with E-state index >= 15 is 0 Å². The van der Waals surface area contributed by atoms with E-state index in [9.17, 15) is 4.79 Å². The number of hydrogen-bond donors (Lipinski definition) is 2. The molecule has 8 heteroatoms. The van der Waals surface area contributed by atoms with Crippen LogP contribution in [-0.2, 0) is 6.54 Å². The number of ether oxygens (including phenoxy) is 1. The fourth-order valence-corrected chi connectivity index (χ4v) is 2.33. The number of amides is 2. The molecule has 0 spiro atoms. The predicted molar refractivity (Wildman–Crippen MR) is 92.7 cm³/mol. The first-order valence-corrected chi connectivity index (χ1v) is 7.69. The molecule has 0 saturated carbocycles. The lowest BCUT2D eigenvalue weighted by atomic mass is 10.2. The maximum atomic E-state index is 12.1. The van der Waals surface area contributed by atoms with Crippen LogP contribution >= 0.6 is 0 Å². The van der Waals surface area contributed by atoms with Gasteiger partial charge < -0.3 is 15.4 Å². The molecular formula is C17H18N6O2. The smallest absolute Gasteiger partial charge is 0.319 e. The van der Waals surface area contributed by atoms with Gasteiger partial charge in [-0.2, -0.15) is 4.68 Å². The Morgan fingerprint density at radius 3 is 2.80 bits per heavy atom. The predicted octanol–water partition coefficient (Wildman–Crippen LogP) is 2.30. The maximum Gasteiger partial charge on any atom is 0.319 e. The van der Waals surface area contributed by atoms with Crippen LogP contribution in [0.5, 0.6) is 5.75 Å². The third-order valence-corrected chi connectivity index (χ3v) is 3.56. The summed E-state index contributed by atoms with van der Waals surface area (Å²) >= 11 is 0. The van der Waals surface area contributed by atoms with Gasteiger partial charge in [0, 0.05) is 12.2 Å². The largest absolute Gasteiger partial charge is 0.497 e. The van der Waals surface area contributed by atoms with Gasteiger partial charge in [0.1, 0.15) is 5.75 Å². The van der Waals surface area contributed by atoms with Crippen LogP contribution in [0.15, 0.2) is 48.5 Å². The summed E-state index contributed by atoms with van der Waals surface area (Å²) in [4.78, 5) is 12.1. The fourth-order valence-electron chi connectivity index (χ4n) is 2.33. The second-order valence-corrected chi connectivity index (χ2v) is 5.35. The summed E-state index contributed by atoms with van der Waals surface area (Å²) < 4.78 is 6.77. The number of benzene rings is 2. The van der Waals surface area contributed by atoms with Crippen LogP contribution in [0.2, 0.25) is 0 Å². The molecule has 0 aliphatic rings. The van der Waals surface area contributed by atoms with Gasteiger partial charge in [0.15, 0.2) is 5.82 Å². The second kappa shape index (κ2) is 7.43. The Morgan fingerprint density at radius 1 is 1.20 bits per heavy atom. The molecule has 0 bridgehead atoms. The van der Waals surface area contributed by atoms with Gasteiger partial charge in [-0.3, -0.25) is 0 Å². The zero-order chi connectivity index (χ0) is 17.6. The summed E-state index contributed by atoms with van der Waals surface area (Å²) in [5.74, 6) is 1.42. The third-order valence-electron chi connectivity index (χ3n) is 3.56. The Kier molecular flexibility index (Phi) is 4.89. The summed E-state index contributed by atoms with van der Waals surface area (Å²) in [6.45, 7) is 2.20. The van der Waals surface area contributed by atoms with E-state index in [0.29, 0.717) is 18.1 Å². The Morgan fingerprint density at radius 2 is 2.04 bits per heavy atom. The Balaban J connectivity index is 1.62. The SMILES string of the molecule is COc1cccc(CNC(=O)Nc2cccc(-n3nnnc3C)c2)c1. The molecule has 2 aromatic carbocycles. The molecule has 0 aliphatic heterocycles. The van der Waals surface area contributed by atoms with Crippen molar-refractivity contribution in [3.05, 3.63) is 59.9 Å². The molecule has 3 aromatic rings. The van der Waals surface area contributed by atoms with Gasteiger partial charge in [0.2, 0.25) is 0 Å². The van der Waals surface area contributed by atoms with Crippen LogP contribution < -0.4 is 15.4 Å². The molecule has 0 radical (unpaired) electrons. The monoisotopic (exact) mass is 338 g/mol. The number of urea groups is 1. The van der Waals surface area contributed by atoms with Crippen molar-refractivity contribution < 1.29 is 9.53 Å². The number of aromatic nitrogens is 4. The molecular weight excluding hydrogens is 320 g/mol.